The zero-order valence-electron chi connectivity index (χ0n) is 20.0. The fourth-order valence-electron chi connectivity index (χ4n) is 4.57. The highest BCUT2D eigenvalue weighted by molar-refractivity contribution is 6.36. The lowest BCUT2D eigenvalue weighted by molar-refractivity contribution is -0.138. The molecule has 35 heavy (non-hydrogen) atoms. The Hall–Kier alpha value is -4.19. The van der Waals surface area contributed by atoms with Crippen LogP contribution in [0.2, 0.25) is 0 Å². The Kier molecular flexibility index (Phi) is 6.56. The van der Waals surface area contributed by atoms with E-state index in [9.17, 15) is 19.5 Å². The van der Waals surface area contributed by atoms with Crippen LogP contribution in [-0.4, -0.2) is 32.8 Å². The van der Waals surface area contributed by atoms with E-state index in [4.69, 9.17) is 0 Å². The van der Waals surface area contributed by atoms with Crippen molar-refractivity contribution in [3.05, 3.63) is 113 Å². The first-order chi connectivity index (χ1) is 16.7. The lowest BCUT2D eigenvalue weighted by atomic mass is 9.81. The number of amides is 3. The Morgan fingerprint density at radius 2 is 1.34 bits per heavy atom. The molecule has 6 heteroatoms. The molecule has 178 valence electrons. The molecule has 0 spiro atoms. The molecule has 6 nitrogen and oxygen atoms in total. The van der Waals surface area contributed by atoms with Gasteiger partial charge in [0.25, 0.3) is 11.8 Å². The van der Waals surface area contributed by atoms with Crippen LogP contribution in [0.1, 0.15) is 43.5 Å². The molecule has 0 saturated heterocycles. The molecule has 0 bridgehead atoms. The molecule has 1 atom stereocenters. The predicted octanol–water partition coefficient (Wildman–Crippen LogP) is 5.73. The van der Waals surface area contributed by atoms with Crippen molar-refractivity contribution >= 4 is 23.5 Å². The average molecular weight is 469 g/mol. The summed E-state index contributed by atoms with van der Waals surface area (Å²) in [5, 5.41) is 10.5. The molecule has 1 unspecified atom stereocenters. The molecule has 3 amide bonds. The lowest BCUT2D eigenvalue weighted by Gasteiger charge is -2.39. The minimum absolute atomic E-state index is 0.0529. The van der Waals surface area contributed by atoms with Crippen LogP contribution in [0.4, 0.5) is 4.79 Å². The number of carbonyl (C=O) groups is 3. The largest absolute Gasteiger partial charge is 0.465 e. The first-order valence-electron chi connectivity index (χ1n) is 11.5. The van der Waals surface area contributed by atoms with Crippen molar-refractivity contribution in [3.63, 3.8) is 0 Å². The van der Waals surface area contributed by atoms with Crippen molar-refractivity contribution in [1.82, 2.24) is 9.80 Å². The highest BCUT2D eigenvalue weighted by Crippen LogP contribution is 2.44. The second-order valence-corrected chi connectivity index (χ2v) is 9.60. The smallest absolute Gasteiger partial charge is 0.412 e. The molecular formula is C29H28N2O4. The number of benzene rings is 3. The summed E-state index contributed by atoms with van der Waals surface area (Å²) in [6.07, 6.45) is -1.29. The maximum atomic E-state index is 13.9. The monoisotopic (exact) mass is 468 g/mol. The topological polar surface area (TPSA) is 77.9 Å². The zero-order chi connectivity index (χ0) is 25.2. The van der Waals surface area contributed by atoms with E-state index in [-0.39, 0.29) is 17.8 Å². The summed E-state index contributed by atoms with van der Waals surface area (Å²) in [6, 6.07) is 26.5. The number of imide groups is 1. The summed E-state index contributed by atoms with van der Waals surface area (Å²) in [4.78, 5) is 42.6. The van der Waals surface area contributed by atoms with E-state index in [1.54, 1.807) is 24.3 Å². The molecule has 0 saturated carbocycles. The molecule has 0 aliphatic carbocycles. The number of hydrogen-bond donors (Lipinski definition) is 1. The van der Waals surface area contributed by atoms with Gasteiger partial charge in [0.05, 0.1) is 18.2 Å². The van der Waals surface area contributed by atoms with Crippen LogP contribution in [0.3, 0.4) is 0 Å². The SMILES string of the molecule is CC(C)(C)C(c1ccccc1)N(C(=O)O)C1=C(c2ccccc2)C(=O)N(Cc2ccccc2)C1=O. The highest BCUT2D eigenvalue weighted by atomic mass is 16.4. The van der Waals surface area contributed by atoms with Gasteiger partial charge in [-0.15, -0.1) is 0 Å². The highest BCUT2D eigenvalue weighted by Gasteiger charge is 2.47. The Morgan fingerprint density at radius 3 is 1.86 bits per heavy atom. The molecule has 3 aromatic carbocycles. The number of carbonyl (C=O) groups excluding carboxylic acids is 2. The molecule has 1 N–H and O–H groups in total. The Labute approximate surface area is 205 Å². The minimum Gasteiger partial charge on any atom is -0.465 e. The maximum Gasteiger partial charge on any atom is 0.412 e. The average Bonchev–Trinajstić information content (AvgIpc) is 3.07. The summed E-state index contributed by atoms with van der Waals surface area (Å²) < 4.78 is 0. The summed E-state index contributed by atoms with van der Waals surface area (Å²) in [5.41, 5.74) is 1.42. The van der Waals surface area contributed by atoms with Crippen LogP contribution in [0.15, 0.2) is 96.7 Å². The van der Waals surface area contributed by atoms with E-state index in [0.29, 0.717) is 5.56 Å². The lowest BCUT2D eigenvalue weighted by Crippen LogP contribution is -2.43. The van der Waals surface area contributed by atoms with Crippen molar-refractivity contribution in [2.75, 3.05) is 0 Å². The van der Waals surface area contributed by atoms with E-state index in [1.165, 1.54) is 0 Å². The van der Waals surface area contributed by atoms with Crippen LogP contribution in [-0.2, 0) is 16.1 Å². The van der Waals surface area contributed by atoms with Crippen molar-refractivity contribution in [1.29, 1.82) is 0 Å². The van der Waals surface area contributed by atoms with Gasteiger partial charge < -0.3 is 5.11 Å². The van der Waals surface area contributed by atoms with E-state index in [0.717, 1.165) is 20.9 Å². The minimum atomic E-state index is -1.29. The molecule has 0 aromatic heterocycles. The molecule has 1 aliphatic rings. The van der Waals surface area contributed by atoms with E-state index in [1.807, 2.05) is 87.5 Å². The van der Waals surface area contributed by atoms with Crippen LogP contribution in [0.25, 0.3) is 5.57 Å². The van der Waals surface area contributed by atoms with Gasteiger partial charge in [-0.1, -0.05) is 112 Å². The maximum absolute atomic E-state index is 13.9. The van der Waals surface area contributed by atoms with Gasteiger partial charge in [0.15, 0.2) is 0 Å². The van der Waals surface area contributed by atoms with Gasteiger partial charge in [0.2, 0.25) is 0 Å². The van der Waals surface area contributed by atoms with Gasteiger partial charge in [-0.05, 0) is 22.1 Å². The first-order valence-corrected chi connectivity index (χ1v) is 11.5. The van der Waals surface area contributed by atoms with E-state index in [2.05, 4.69) is 0 Å². The third-order valence-corrected chi connectivity index (χ3v) is 6.03. The van der Waals surface area contributed by atoms with Crippen LogP contribution in [0.5, 0.6) is 0 Å². The zero-order valence-corrected chi connectivity index (χ0v) is 20.0. The summed E-state index contributed by atoms with van der Waals surface area (Å²) in [7, 11) is 0. The fourth-order valence-corrected chi connectivity index (χ4v) is 4.57. The van der Waals surface area contributed by atoms with Crippen molar-refractivity contribution < 1.29 is 19.5 Å². The molecule has 1 heterocycles. The van der Waals surface area contributed by atoms with Gasteiger partial charge in [-0.25, -0.2) is 4.79 Å². The van der Waals surface area contributed by atoms with Crippen molar-refractivity contribution in [3.8, 4) is 0 Å². The molecule has 4 rings (SSSR count). The van der Waals surface area contributed by atoms with Gasteiger partial charge in [0, 0.05) is 0 Å². The standard InChI is InChI=1S/C29H28N2O4/c1-29(2,3)25(22-17-11-6-12-18-22)31(28(34)35)24-23(21-15-9-5-10-16-21)26(32)30(27(24)33)19-20-13-7-4-8-14-20/h4-18,25H,19H2,1-3H3,(H,34,35). The molecule has 0 fully saturated rings. The van der Waals surface area contributed by atoms with Gasteiger partial charge in [-0.3, -0.25) is 19.4 Å². The van der Waals surface area contributed by atoms with Gasteiger partial charge >= 0.3 is 6.09 Å². The third kappa shape index (κ3) is 4.73. The van der Waals surface area contributed by atoms with Crippen molar-refractivity contribution in [2.45, 2.75) is 33.4 Å². The molecule has 3 aromatic rings. The quantitative estimate of drug-likeness (QED) is 0.469. The summed E-state index contributed by atoms with van der Waals surface area (Å²) in [5.74, 6) is -1.13. The molecular weight excluding hydrogens is 440 g/mol. The van der Waals surface area contributed by atoms with Crippen LogP contribution >= 0.6 is 0 Å². The number of carboxylic acid groups (broad SMARTS) is 1. The van der Waals surface area contributed by atoms with E-state index >= 15 is 0 Å². The molecule has 1 aliphatic heterocycles. The third-order valence-electron chi connectivity index (χ3n) is 6.03. The normalized spacial score (nSPS) is 14.9. The van der Waals surface area contributed by atoms with Crippen LogP contribution in [0, 0.1) is 5.41 Å². The Morgan fingerprint density at radius 1 is 0.829 bits per heavy atom. The number of nitrogens with zero attached hydrogens (tertiary/aromatic N) is 2. The van der Waals surface area contributed by atoms with Gasteiger partial charge in [-0.2, -0.15) is 0 Å². The Bertz CT molecular complexity index is 1260. The van der Waals surface area contributed by atoms with Gasteiger partial charge in [0.1, 0.15) is 5.70 Å². The Balaban J connectivity index is 1.92. The number of hydrogen-bond acceptors (Lipinski definition) is 3. The molecule has 0 radical (unpaired) electrons. The van der Waals surface area contributed by atoms with Crippen molar-refractivity contribution in [2.24, 2.45) is 5.41 Å². The second-order valence-electron chi connectivity index (χ2n) is 9.60. The van der Waals surface area contributed by atoms with E-state index < -0.39 is 29.4 Å². The summed E-state index contributed by atoms with van der Waals surface area (Å²) in [6.45, 7) is 5.82. The predicted molar refractivity (Wildman–Crippen MR) is 134 cm³/mol. The summed E-state index contributed by atoms with van der Waals surface area (Å²) >= 11 is 0. The van der Waals surface area contributed by atoms with Crippen LogP contribution < -0.4 is 0 Å². The second kappa shape index (κ2) is 9.58. The fraction of sp³-hybridized carbons (Fsp3) is 0.207. The number of rotatable bonds is 6. The first kappa shape index (κ1) is 24.0.